The van der Waals surface area contributed by atoms with E-state index in [1.54, 1.807) is 12.1 Å². The quantitative estimate of drug-likeness (QED) is 0.707. The van der Waals surface area contributed by atoms with Gasteiger partial charge in [-0.05, 0) is 25.0 Å². The first-order valence-corrected chi connectivity index (χ1v) is 5.69. The Morgan fingerprint density at radius 2 is 2.12 bits per heavy atom. The third-order valence-electron chi connectivity index (χ3n) is 2.63. The van der Waals surface area contributed by atoms with Crippen LogP contribution in [-0.2, 0) is 0 Å². The second kappa shape index (κ2) is 5.63. The molecule has 1 unspecified atom stereocenters. The van der Waals surface area contributed by atoms with Gasteiger partial charge in [0, 0.05) is 23.8 Å². The fourth-order valence-electron chi connectivity index (χ4n) is 1.57. The Labute approximate surface area is 102 Å². The minimum absolute atomic E-state index is 0.130. The summed E-state index contributed by atoms with van der Waals surface area (Å²) in [5, 5.41) is 3.22. The summed E-state index contributed by atoms with van der Waals surface area (Å²) in [6.45, 7) is 6.49. The van der Waals surface area contributed by atoms with Gasteiger partial charge in [-0.15, -0.1) is 0 Å². The van der Waals surface area contributed by atoms with Crippen molar-refractivity contribution in [2.24, 2.45) is 17.4 Å². The average Bonchev–Trinajstić information content (AvgIpc) is 2.24. The molecule has 1 aromatic heterocycles. The zero-order chi connectivity index (χ0) is 13.0. The summed E-state index contributed by atoms with van der Waals surface area (Å²) in [4.78, 5) is 15.4. The number of carbonyl (C=O) groups is 1. The van der Waals surface area contributed by atoms with Crippen molar-refractivity contribution in [3.05, 3.63) is 23.4 Å². The number of nitrogens with one attached hydrogen (secondary N) is 1. The van der Waals surface area contributed by atoms with Gasteiger partial charge in [0.1, 0.15) is 5.82 Å². The van der Waals surface area contributed by atoms with E-state index in [1.807, 2.05) is 6.92 Å². The maximum Gasteiger partial charge on any atom is 0.248 e. The molecular formula is C12H20N4O. The maximum atomic E-state index is 11.1. The van der Waals surface area contributed by atoms with Gasteiger partial charge in [-0.1, -0.05) is 13.8 Å². The van der Waals surface area contributed by atoms with Crippen molar-refractivity contribution >= 4 is 11.7 Å². The number of pyridine rings is 1. The van der Waals surface area contributed by atoms with Crippen LogP contribution in [-0.4, -0.2) is 23.5 Å². The summed E-state index contributed by atoms with van der Waals surface area (Å²) < 4.78 is 0. The van der Waals surface area contributed by atoms with Crippen LogP contribution in [0.2, 0.25) is 0 Å². The summed E-state index contributed by atoms with van der Waals surface area (Å²) in [7, 11) is 0. The van der Waals surface area contributed by atoms with Crippen molar-refractivity contribution in [1.82, 2.24) is 4.98 Å². The van der Waals surface area contributed by atoms with E-state index in [1.165, 1.54) is 0 Å². The molecule has 1 atom stereocenters. The number of nitrogens with two attached hydrogens (primary N) is 2. The van der Waals surface area contributed by atoms with Gasteiger partial charge in [-0.2, -0.15) is 0 Å². The highest BCUT2D eigenvalue weighted by molar-refractivity contribution is 5.93. The van der Waals surface area contributed by atoms with Crippen molar-refractivity contribution in [3.63, 3.8) is 0 Å². The number of nitrogens with zero attached hydrogens (tertiary/aromatic N) is 1. The molecule has 5 N–H and O–H groups in total. The number of hydrogen-bond acceptors (Lipinski definition) is 4. The van der Waals surface area contributed by atoms with E-state index in [4.69, 9.17) is 11.5 Å². The van der Waals surface area contributed by atoms with Gasteiger partial charge in [-0.25, -0.2) is 4.98 Å². The van der Waals surface area contributed by atoms with Crippen LogP contribution in [0.3, 0.4) is 0 Å². The van der Waals surface area contributed by atoms with Crippen LogP contribution in [0.5, 0.6) is 0 Å². The summed E-state index contributed by atoms with van der Waals surface area (Å²) >= 11 is 0. The van der Waals surface area contributed by atoms with Gasteiger partial charge in [0.25, 0.3) is 0 Å². The van der Waals surface area contributed by atoms with Gasteiger partial charge in [0.2, 0.25) is 5.91 Å². The van der Waals surface area contributed by atoms with Crippen LogP contribution >= 0.6 is 0 Å². The molecule has 1 heterocycles. The topological polar surface area (TPSA) is 94.0 Å². The van der Waals surface area contributed by atoms with Crippen LogP contribution in [0.1, 0.15) is 29.9 Å². The van der Waals surface area contributed by atoms with Crippen LogP contribution in [0.4, 0.5) is 5.82 Å². The molecule has 0 radical (unpaired) electrons. The Morgan fingerprint density at radius 3 is 2.59 bits per heavy atom. The first-order chi connectivity index (χ1) is 7.93. The minimum atomic E-state index is -0.451. The summed E-state index contributed by atoms with van der Waals surface area (Å²) in [6, 6.07) is 3.45. The van der Waals surface area contributed by atoms with E-state index in [9.17, 15) is 4.79 Å². The number of carbonyl (C=O) groups excluding carboxylic acids is 1. The van der Waals surface area contributed by atoms with Crippen molar-refractivity contribution in [2.45, 2.75) is 26.8 Å². The van der Waals surface area contributed by atoms with Crippen molar-refractivity contribution in [1.29, 1.82) is 0 Å². The lowest BCUT2D eigenvalue weighted by Crippen LogP contribution is -2.34. The number of primary amides is 1. The molecule has 1 amide bonds. The highest BCUT2D eigenvalue weighted by Gasteiger charge is 2.13. The monoisotopic (exact) mass is 236 g/mol. The molecular weight excluding hydrogens is 216 g/mol. The third-order valence-corrected chi connectivity index (χ3v) is 2.63. The first kappa shape index (κ1) is 13.4. The molecule has 0 bridgehead atoms. The Kier molecular flexibility index (Phi) is 4.45. The maximum absolute atomic E-state index is 11.1. The number of amides is 1. The lowest BCUT2D eigenvalue weighted by Gasteiger charge is -2.21. The fraction of sp³-hybridized carbons (Fsp3) is 0.500. The fourth-order valence-corrected chi connectivity index (χ4v) is 1.57. The lowest BCUT2D eigenvalue weighted by atomic mass is 10.0. The van der Waals surface area contributed by atoms with E-state index >= 15 is 0 Å². The molecule has 5 heteroatoms. The Morgan fingerprint density at radius 1 is 1.47 bits per heavy atom. The van der Waals surface area contributed by atoms with E-state index < -0.39 is 5.91 Å². The van der Waals surface area contributed by atoms with Gasteiger partial charge >= 0.3 is 0 Å². The molecule has 94 valence electrons. The zero-order valence-electron chi connectivity index (χ0n) is 10.5. The Balaban J connectivity index is 2.94. The van der Waals surface area contributed by atoms with Crippen molar-refractivity contribution in [2.75, 3.05) is 11.9 Å². The highest BCUT2D eigenvalue weighted by atomic mass is 16.1. The van der Waals surface area contributed by atoms with Gasteiger partial charge in [0.05, 0.1) is 0 Å². The van der Waals surface area contributed by atoms with Crippen LogP contribution in [0, 0.1) is 12.8 Å². The molecule has 1 rings (SSSR count). The number of rotatable bonds is 5. The second-order valence-corrected chi connectivity index (χ2v) is 4.48. The van der Waals surface area contributed by atoms with Gasteiger partial charge < -0.3 is 16.8 Å². The summed E-state index contributed by atoms with van der Waals surface area (Å²) in [5.41, 5.74) is 12.1. The standard InChI is InChI=1S/C12H20N4O/c1-7(2)10(6-13)16-11-5-9(12(14)17)4-8(3)15-11/h4-5,7,10H,6,13H2,1-3H3,(H2,14,17)(H,15,16). The number of anilines is 1. The number of aryl methyl sites for hydroxylation is 1. The van der Waals surface area contributed by atoms with Crippen molar-refractivity contribution < 1.29 is 4.79 Å². The first-order valence-electron chi connectivity index (χ1n) is 5.69. The predicted octanol–water partition coefficient (Wildman–Crippen LogP) is 0.884. The molecule has 0 saturated heterocycles. The summed E-state index contributed by atoms with van der Waals surface area (Å²) in [5.74, 6) is 0.578. The normalized spacial score (nSPS) is 12.5. The lowest BCUT2D eigenvalue weighted by molar-refractivity contribution is 0.1000. The zero-order valence-corrected chi connectivity index (χ0v) is 10.5. The van der Waals surface area contributed by atoms with E-state index in [-0.39, 0.29) is 6.04 Å². The average molecular weight is 236 g/mol. The van der Waals surface area contributed by atoms with Gasteiger partial charge in [-0.3, -0.25) is 4.79 Å². The number of aromatic nitrogens is 1. The molecule has 0 aromatic carbocycles. The molecule has 17 heavy (non-hydrogen) atoms. The molecule has 0 aliphatic carbocycles. The molecule has 1 aromatic rings. The predicted molar refractivity (Wildman–Crippen MR) is 68.8 cm³/mol. The molecule has 0 aliphatic rings. The largest absolute Gasteiger partial charge is 0.366 e. The van der Waals surface area contributed by atoms with E-state index in [0.29, 0.717) is 23.8 Å². The smallest absolute Gasteiger partial charge is 0.248 e. The third kappa shape index (κ3) is 3.71. The number of hydrogen-bond donors (Lipinski definition) is 3. The van der Waals surface area contributed by atoms with Crippen molar-refractivity contribution in [3.8, 4) is 0 Å². The van der Waals surface area contributed by atoms with Crippen LogP contribution < -0.4 is 16.8 Å². The Bertz CT molecular complexity index is 403. The summed E-state index contributed by atoms with van der Waals surface area (Å²) in [6.07, 6.45) is 0. The van der Waals surface area contributed by atoms with Gasteiger partial charge in [0.15, 0.2) is 0 Å². The minimum Gasteiger partial charge on any atom is -0.366 e. The Hall–Kier alpha value is -1.62. The van der Waals surface area contributed by atoms with Crippen LogP contribution in [0.15, 0.2) is 12.1 Å². The van der Waals surface area contributed by atoms with E-state index in [0.717, 1.165) is 5.69 Å². The molecule has 0 aliphatic heterocycles. The molecule has 0 saturated carbocycles. The van der Waals surface area contributed by atoms with Crippen LogP contribution in [0.25, 0.3) is 0 Å². The second-order valence-electron chi connectivity index (χ2n) is 4.48. The molecule has 0 spiro atoms. The van der Waals surface area contributed by atoms with E-state index in [2.05, 4.69) is 24.1 Å². The highest BCUT2D eigenvalue weighted by Crippen LogP contribution is 2.13. The molecule has 5 nitrogen and oxygen atoms in total. The SMILES string of the molecule is Cc1cc(C(N)=O)cc(NC(CN)C(C)C)n1. The molecule has 0 fully saturated rings.